The van der Waals surface area contributed by atoms with Gasteiger partial charge in [-0.05, 0) is 23.1 Å². The first-order valence-electron chi connectivity index (χ1n) is 9.17. The maximum absolute atomic E-state index is 12.6. The van der Waals surface area contributed by atoms with Gasteiger partial charge in [-0.2, -0.15) is 0 Å². The summed E-state index contributed by atoms with van der Waals surface area (Å²) in [5.74, 6) is 1.13. The van der Waals surface area contributed by atoms with Gasteiger partial charge in [0.15, 0.2) is 0 Å². The van der Waals surface area contributed by atoms with Gasteiger partial charge in [0.25, 0.3) is 5.91 Å². The SMILES string of the molecule is COc1ccc(C(=O)N2CCN(Cc3ccc(C(C)C)cc3)CC2)cn1. The van der Waals surface area contributed by atoms with Crippen molar-refractivity contribution in [1.29, 1.82) is 0 Å². The van der Waals surface area contributed by atoms with Gasteiger partial charge < -0.3 is 9.64 Å². The van der Waals surface area contributed by atoms with Gasteiger partial charge in [0, 0.05) is 45.0 Å². The van der Waals surface area contributed by atoms with Crippen LogP contribution in [0, 0.1) is 0 Å². The summed E-state index contributed by atoms with van der Waals surface area (Å²) >= 11 is 0. The molecule has 0 N–H and O–H groups in total. The van der Waals surface area contributed by atoms with Crippen LogP contribution in [0.15, 0.2) is 42.6 Å². The Kier molecular flexibility index (Phi) is 5.89. The number of nitrogens with zero attached hydrogens (tertiary/aromatic N) is 3. The zero-order valence-corrected chi connectivity index (χ0v) is 15.8. The number of pyridine rings is 1. The highest BCUT2D eigenvalue weighted by molar-refractivity contribution is 5.94. The van der Waals surface area contributed by atoms with Crippen LogP contribution in [-0.4, -0.2) is 54.0 Å². The zero-order valence-electron chi connectivity index (χ0n) is 15.8. The number of aromatic nitrogens is 1. The van der Waals surface area contributed by atoms with E-state index in [1.807, 2.05) is 4.90 Å². The molecule has 1 aliphatic rings. The lowest BCUT2D eigenvalue weighted by Gasteiger charge is -2.34. The van der Waals surface area contributed by atoms with Crippen molar-refractivity contribution in [3.8, 4) is 5.88 Å². The van der Waals surface area contributed by atoms with Crippen LogP contribution in [0.2, 0.25) is 0 Å². The van der Waals surface area contributed by atoms with Crippen molar-refractivity contribution >= 4 is 5.91 Å². The number of hydrogen-bond donors (Lipinski definition) is 0. The van der Waals surface area contributed by atoms with Crippen LogP contribution < -0.4 is 4.74 Å². The van der Waals surface area contributed by atoms with Crippen LogP contribution >= 0.6 is 0 Å². The summed E-state index contributed by atoms with van der Waals surface area (Å²) in [6.45, 7) is 8.63. The number of ether oxygens (including phenoxy) is 1. The van der Waals surface area contributed by atoms with Gasteiger partial charge in [0.05, 0.1) is 12.7 Å². The normalized spacial score (nSPS) is 15.3. The lowest BCUT2D eigenvalue weighted by Crippen LogP contribution is -2.48. The maximum atomic E-state index is 12.6. The van der Waals surface area contributed by atoms with Crippen molar-refractivity contribution in [1.82, 2.24) is 14.8 Å². The summed E-state index contributed by atoms with van der Waals surface area (Å²) in [7, 11) is 1.57. The molecule has 1 aliphatic heterocycles. The molecule has 0 unspecified atom stereocenters. The van der Waals surface area contributed by atoms with E-state index in [0.29, 0.717) is 17.4 Å². The van der Waals surface area contributed by atoms with Crippen molar-refractivity contribution < 1.29 is 9.53 Å². The molecule has 5 nitrogen and oxygen atoms in total. The molecule has 1 saturated heterocycles. The van der Waals surface area contributed by atoms with Crippen molar-refractivity contribution in [2.24, 2.45) is 0 Å². The molecule has 26 heavy (non-hydrogen) atoms. The third-order valence-corrected chi connectivity index (χ3v) is 4.90. The van der Waals surface area contributed by atoms with Crippen LogP contribution in [0.4, 0.5) is 0 Å². The van der Waals surface area contributed by atoms with Gasteiger partial charge >= 0.3 is 0 Å². The van der Waals surface area contributed by atoms with E-state index in [2.05, 4.69) is 48.0 Å². The second-order valence-corrected chi connectivity index (χ2v) is 7.05. The van der Waals surface area contributed by atoms with Gasteiger partial charge in [0.2, 0.25) is 5.88 Å². The number of amides is 1. The van der Waals surface area contributed by atoms with Crippen LogP contribution in [0.25, 0.3) is 0 Å². The molecule has 0 atom stereocenters. The Bertz CT molecular complexity index is 718. The molecule has 1 aromatic heterocycles. The first-order valence-corrected chi connectivity index (χ1v) is 9.17. The fourth-order valence-corrected chi connectivity index (χ4v) is 3.19. The Hall–Kier alpha value is -2.40. The summed E-state index contributed by atoms with van der Waals surface area (Å²) in [5, 5.41) is 0. The first-order chi connectivity index (χ1) is 12.6. The standard InChI is InChI=1S/C21H27N3O2/c1-16(2)18-6-4-17(5-7-18)15-23-10-12-24(13-11-23)21(25)19-8-9-20(26-3)22-14-19/h4-9,14,16H,10-13,15H2,1-3H3. The van der Waals surface area contributed by atoms with Crippen LogP contribution in [-0.2, 0) is 6.54 Å². The Morgan fingerprint density at radius 3 is 2.31 bits per heavy atom. The molecule has 2 heterocycles. The molecule has 0 radical (unpaired) electrons. The molecule has 3 rings (SSSR count). The molecule has 0 saturated carbocycles. The van der Waals surface area contributed by atoms with E-state index in [1.54, 1.807) is 25.4 Å². The highest BCUT2D eigenvalue weighted by Crippen LogP contribution is 2.17. The Balaban J connectivity index is 1.52. The molecular weight excluding hydrogens is 326 g/mol. The van der Waals surface area contributed by atoms with Gasteiger partial charge in [-0.25, -0.2) is 4.98 Å². The quantitative estimate of drug-likeness (QED) is 0.828. The number of hydrogen-bond acceptors (Lipinski definition) is 4. The molecule has 5 heteroatoms. The van der Waals surface area contributed by atoms with Gasteiger partial charge in [-0.3, -0.25) is 9.69 Å². The third-order valence-electron chi connectivity index (χ3n) is 4.90. The highest BCUT2D eigenvalue weighted by atomic mass is 16.5. The smallest absolute Gasteiger partial charge is 0.255 e. The second kappa shape index (κ2) is 8.32. The number of rotatable bonds is 5. The maximum Gasteiger partial charge on any atom is 0.255 e. The predicted octanol–water partition coefficient (Wildman–Crippen LogP) is 3.17. The molecule has 0 aliphatic carbocycles. The summed E-state index contributed by atoms with van der Waals surface area (Å²) in [6, 6.07) is 12.4. The molecular formula is C21H27N3O2. The number of benzene rings is 1. The van der Waals surface area contributed by atoms with Gasteiger partial charge in [-0.1, -0.05) is 38.1 Å². The Morgan fingerprint density at radius 2 is 1.77 bits per heavy atom. The average molecular weight is 353 g/mol. The number of piperazine rings is 1. The van der Waals surface area contributed by atoms with Crippen molar-refractivity contribution in [3.05, 3.63) is 59.3 Å². The summed E-state index contributed by atoms with van der Waals surface area (Å²) < 4.78 is 5.04. The minimum Gasteiger partial charge on any atom is -0.481 e. The van der Waals surface area contributed by atoms with E-state index in [4.69, 9.17) is 4.74 Å². The molecule has 0 spiro atoms. The average Bonchev–Trinajstić information content (AvgIpc) is 2.68. The largest absolute Gasteiger partial charge is 0.481 e. The fraction of sp³-hybridized carbons (Fsp3) is 0.429. The monoisotopic (exact) mass is 353 g/mol. The second-order valence-electron chi connectivity index (χ2n) is 7.05. The van der Waals surface area contributed by atoms with Crippen LogP contribution in [0.5, 0.6) is 5.88 Å². The molecule has 1 amide bonds. The van der Waals surface area contributed by atoms with Gasteiger partial charge in [-0.15, -0.1) is 0 Å². The molecule has 1 aromatic carbocycles. The van der Waals surface area contributed by atoms with Gasteiger partial charge in [0.1, 0.15) is 0 Å². The minimum atomic E-state index is 0.0427. The third kappa shape index (κ3) is 4.41. The lowest BCUT2D eigenvalue weighted by molar-refractivity contribution is 0.0628. The zero-order chi connectivity index (χ0) is 18.5. The lowest BCUT2D eigenvalue weighted by atomic mass is 10.0. The van der Waals surface area contributed by atoms with E-state index in [9.17, 15) is 4.79 Å². The van der Waals surface area contributed by atoms with Crippen LogP contribution in [0.3, 0.4) is 0 Å². The van der Waals surface area contributed by atoms with Crippen molar-refractivity contribution in [2.45, 2.75) is 26.3 Å². The number of carbonyl (C=O) groups excluding carboxylic acids is 1. The molecule has 1 fully saturated rings. The first kappa shape index (κ1) is 18.4. The topological polar surface area (TPSA) is 45.7 Å². The molecule has 2 aromatic rings. The van der Waals surface area contributed by atoms with E-state index in [1.165, 1.54) is 11.1 Å². The number of methoxy groups -OCH3 is 1. The molecule has 0 bridgehead atoms. The predicted molar refractivity (Wildman–Crippen MR) is 103 cm³/mol. The van der Waals surface area contributed by atoms with E-state index in [-0.39, 0.29) is 5.91 Å². The van der Waals surface area contributed by atoms with Crippen LogP contribution in [0.1, 0.15) is 41.3 Å². The Morgan fingerprint density at radius 1 is 1.08 bits per heavy atom. The summed E-state index contributed by atoms with van der Waals surface area (Å²) in [6.07, 6.45) is 1.59. The summed E-state index contributed by atoms with van der Waals surface area (Å²) in [4.78, 5) is 21.0. The molecule has 138 valence electrons. The van der Waals surface area contributed by atoms with Crippen molar-refractivity contribution in [3.63, 3.8) is 0 Å². The number of carbonyl (C=O) groups is 1. The summed E-state index contributed by atoms with van der Waals surface area (Å²) in [5.41, 5.74) is 3.31. The van der Waals surface area contributed by atoms with E-state index < -0.39 is 0 Å². The van der Waals surface area contributed by atoms with E-state index in [0.717, 1.165) is 32.7 Å². The fourth-order valence-electron chi connectivity index (χ4n) is 3.19. The van der Waals surface area contributed by atoms with E-state index >= 15 is 0 Å². The Labute approximate surface area is 155 Å². The van der Waals surface area contributed by atoms with Crippen molar-refractivity contribution in [2.75, 3.05) is 33.3 Å². The highest BCUT2D eigenvalue weighted by Gasteiger charge is 2.22. The minimum absolute atomic E-state index is 0.0427.